The Morgan fingerprint density at radius 3 is 2.48 bits per heavy atom. The zero-order valence-electron chi connectivity index (χ0n) is 11.4. The predicted octanol–water partition coefficient (Wildman–Crippen LogP) is 2.32. The number of nitrogens with two attached hydrogens (primary N) is 1. The van der Waals surface area contributed by atoms with Gasteiger partial charge in [-0.25, -0.2) is 8.78 Å². The van der Waals surface area contributed by atoms with E-state index in [1.54, 1.807) is 0 Å². The molecule has 0 spiro atoms. The van der Waals surface area contributed by atoms with Gasteiger partial charge in [-0.05, 0) is 17.2 Å². The number of nitrogens with one attached hydrogen (secondary N) is 1. The molecule has 0 saturated heterocycles. The topological polar surface area (TPSA) is 55.1 Å². The van der Waals surface area contributed by atoms with E-state index in [0.717, 1.165) is 17.7 Å². The molecule has 21 heavy (non-hydrogen) atoms. The van der Waals surface area contributed by atoms with Gasteiger partial charge < -0.3 is 11.1 Å². The summed E-state index contributed by atoms with van der Waals surface area (Å²) in [6.07, 6.45) is -0.157. The zero-order chi connectivity index (χ0) is 15.2. The first-order valence-electron chi connectivity index (χ1n) is 6.58. The highest BCUT2D eigenvalue weighted by Crippen LogP contribution is 2.13. The summed E-state index contributed by atoms with van der Waals surface area (Å²) in [5.41, 5.74) is 6.69. The molecule has 2 rings (SSSR count). The maximum absolute atomic E-state index is 13.5. The molecule has 2 aromatic carbocycles. The van der Waals surface area contributed by atoms with E-state index in [1.807, 2.05) is 30.3 Å². The van der Waals surface area contributed by atoms with E-state index in [1.165, 1.54) is 6.07 Å². The van der Waals surface area contributed by atoms with Gasteiger partial charge in [0.2, 0.25) is 5.91 Å². The van der Waals surface area contributed by atoms with E-state index in [-0.39, 0.29) is 30.5 Å². The van der Waals surface area contributed by atoms with Gasteiger partial charge in [-0.3, -0.25) is 4.79 Å². The number of hydrogen-bond acceptors (Lipinski definition) is 2. The fourth-order valence-corrected chi connectivity index (χ4v) is 2.05. The lowest BCUT2D eigenvalue weighted by Crippen LogP contribution is -2.34. The number of benzene rings is 2. The molecule has 0 aliphatic heterocycles. The van der Waals surface area contributed by atoms with Gasteiger partial charge in [-0.2, -0.15) is 0 Å². The Hall–Kier alpha value is -2.27. The van der Waals surface area contributed by atoms with Crippen molar-refractivity contribution in [2.45, 2.75) is 12.5 Å². The average molecular weight is 290 g/mol. The van der Waals surface area contributed by atoms with Crippen LogP contribution in [0.15, 0.2) is 48.5 Å². The van der Waals surface area contributed by atoms with Crippen LogP contribution in [0.2, 0.25) is 0 Å². The van der Waals surface area contributed by atoms with Gasteiger partial charge in [0.25, 0.3) is 0 Å². The summed E-state index contributed by atoms with van der Waals surface area (Å²) in [5, 5.41) is 2.75. The Kier molecular flexibility index (Phi) is 5.00. The largest absolute Gasteiger partial charge is 0.348 e. The van der Waals surface area contributed by atoms with Crippen molar-refractivity contribution in [3.05, 3.63) is 71.3 Å². The summed E-state index contributed by atoms with van der Waals surface area (Å²) in [5.74, 6) is -1.75. The van der Waals surface area contributed by atoms with Crippen molar-refractivity contribution in [3.8, 4) is 0 Å². The summed E-state index contributed by atoms with van der Waals surface area (Å²) in [7, 11) is 0. The van der Waals surface area contributed by atoms with Crippen molar-refractivity contribution in [3.63, 3.8) is 0 Å². The molecule has 0 heterocycles. The van der Waals surface area contributed by atoms with Crippen molar-refractivity contribution in [2.24, 2.45) is 5.73 Å². The summed E-state index contributed by atoms with van der Waals surface area (Å²) in [6, 6.07) is 12.1. The number of carbonyl (C=O) groups is 1. The molecule has 1 amide bonds. The van der Waals surface area contributed by atoms with Crippen molar-refractivity contribution >= 4 is 5.91 Å². The van der Waals surface area contributed by atoms with E-state index in [2.05, 4.69) is 5.32 Å². The predicted molar refractivity (Wildman–Crippen MR) is 76.4 cm³/mol. The molecule has 0 fully saturated rings. The Balaban J connectivity index is 2.03. The molecule has 0 radical (unpaired) electrons. The van der Waals surface area contributed by atoms with Crippen molar-refractivity contribution in [1.82, 2.24) is 5.32 Å². The first-order valence-corrected chi connectivity index (χ1v) is 6.58. The minimum atomic E-state index is -0.728. The van der Waals surface area contributed by atoms with Gasteiger partial charge in [0, 0.05) is 12.6 Å². The van der Waals surface area contributed by atoms with Gasteiger partial charge in [0.05, 0.1) is 12.5 Å². The van der Waals surface area contributed by atoms with Crippen LogP contribution in [0.1, 0.15) is 17.2 Å². The van der Waals surface area contributed by atoms with Crippen LogP contribution >= 0.6 is 0 Å². The standard InChI is InChI=1S/C16H16F2N2O/c17-13-7-6-12(14(18)9-13)8-16(21)20-15(10-19)11-4-2-1-3-5-11/h1-7,9,15H,8,10,19H2,(H,20,21). The molecule has 0 aliphatic carbocycles. The monoisotopic (exact) mass is 290 g/mol. The van der Waals surface area contributed by atoms with Crippen LogP contribution in [-0.4, -0.2) is 12.5 Å². The van der Waals surface area contributed by atoms with E-state index < -0.39 is 11.6 Å². The first kappa shape index (κ1) is 15.1. The lowest BCUT2D eigenvalue weighted by atomic mass is 10.1. The molecule has 3 N–H and O–H groups in total. The van der Waals surface area contributed by atoms with Crippen LogP contribution < -0.4 is 11.1 Å². The number of carbonyl (C=O) groups excluding carboxylic acids is 1. The third-order valence-electron chi connectivity index (χ3n) is 3.14. The molecule has 110 valence electrons. The molecule has 1 atom stereocenters. The number of amides is 1. The third-order valence-corrected chi connectivity index (χ3v) is 3.14. The lowest BCUT2D eigenvalue weighted by Gasteiger charge is -2.17. The second-order valence-corrected chi connectivity index (χ2v) is 4.68. The Morgan fingerprint density at radius 2 is 1.86 bits per heavy atom. The summed E-state index contributed by atoms with van der Waals surface area (Å²) in [4.78, 5) is 12.0. The Labute approximate surface area is 121 Å². The summed E-state index contributed by atoms with van der Waals surface area (Å²) < 4.78 is 26.3. The summed E-state index contributed by atoms with van der Waals surface area (Å²) in [6.45, 7) is 0.238. The molecule has 0 aliphatic rings. The van der Waals surface area contributed by atoms with E-state index in [0.29, 0.717) is 0 Å². The Bertz CT molecular complexity index is 617. The minimum absolute atomic E-state index is 0.151. The van der Waals surface area contributed by atoms with Crippen LogP contribution in [0, 0.1) is 11.6 Å². The van der Waals surface area contributed by atoms with Crippen LogP contribution in [0.3, 0.4) is 0 Å². The highest BCUT2D eigenvalue weighted by molar-refractivity contribution is 5.79. The quantitative estimate of drug-likeness (QED) is 0.888. The number of rotatable bonds is 5. The van der Waals surface area contributed by atoms with Gasteiger partial charge in [0.15, 0.2) is 0 Å². The van der Waals surface area contributed by atoms with E-state index in [4.69, 9.17) is 5.73 Å². The maximum atomic E-state index is 13.5. The average Bonchev–Trinajstić information content (AvgIpc) is 2.48. The molecule has 1 unspecified atom stereocenters. The van der Waals surface area contributed by atoms with E-state index in [9.17, 15) is 13.6 Å². The Morgan fingerprint density at radius 1 is 1.14 bits per heavy atom. The molecule has 5 heteroatoms. The van der Waals surface area contributed by atoms with E-state index >= 15 is 0 Å². The molecular formula is C16H16F2N2O. The first-order chi connectivity index (χ1) is 10.1. The number of halogens is 2. The molecular weight excluding hydrogens is 274 g/mol. The maximum Gasteiger partial charge on any atom is 0.225 e. The normalized spacial score (nSPS) is 12.0. The second-order valence-electron chi connectivity index (χ2n) is 4.68. The van der Waals surface area contributed by atoms with Crippen LogP contribution in [0.4, 0.5) is 8.78 Å². The molecule has 0 bridgehead atoms. The fraction of sp³-hybridized carbons (Fsp3) is 0.188. The fourth-order valence-electron chi connectivity index (χ4n) is 2.05. The van der Waals surface area contributed by atoms with Gasteiger partial charge in [-0.1, -0.05) is 36.4 Å². The minimum Gasteiger partial charge on any atom is -0.348 e. The van der Waals surface area contributed by atoms with Crippen molar-refractivity contribution in [1.29, 1.82) is 0 Å². The highest BCUT2D eigenvalue weighted by atomic mass is 19.1. The third kappa shape index (κ3) is 4.10. The van der Waals surface area contributed by atoms with Crippen molar-refractivity contribution < 1.29 is 13.6 Å². The number of hydrogen-bond donors (Lipinski definition) is 2. The van der Waals surface area contributed by atoms with Crippen LogP contribution in [-0.2, 0) is 11.2 Å². The summed E-state index contributed by atoms with van der Waals surface area (Å²) >= 11 is 0. The lowest BCUT2D eigenvalue weighted by molar-refractivity contribution is -0.121. The molecule has 0 aromatic heterocycles. The highest BCUT2D eigenvalue weighted by Gasteiger charge is 2.14. The SMILES string of the molecule is NCC(NC(=O)Cc1ccc(F)cc1F)c1ccccc1. The smallest absolute Gasteiger partial charge is 0.225 e. The molecule has 2 aromatic rings. The van der Waals surface area contributed by atoms with Crippen LogP contribution in [0.5, 0.6) is 0 Å². The van der Waals surface area contributed by atoms with Gasteiger partial charge in [0.1, 0.15) is 11.6 Å². The molecule has 3 nitrogen and oxygen atoms in total. The van der Waals surface area contributed by atoms with Gasteiger partial charge >= 0.3 is 0 Å². The van der Waals surface area contributed by atoms with Crippen molar-refractivity contribution in [2.75, 3.05) is 6.54 Å². The molecule has 0 saturated carbocycles. The van der Waals surface area contributed by atoms with Gasteiger partial charge in [-0.15, -0.1) is 0 Å². The zero-order valence-corrected chi connectivity index (χ0v) is 11.4. The van der Waals surface area contributed by atoms with Crippen LogP contribution in [0.25, 0.3) is 0 Å². The second kappa shape index (κ2) is 6.95.